The Morgan fingerprint density at radius 1 is 1.06 bits per heavy atom. The van der Waals surface area contributed by atoms with Gasteiger partial charge in [0.2, 0.25) is 0 Å². The number of rotatable bonds is 6. The van der Waals surface area contributed by atoms with Crippen LogP contribution in [0.1, 0.15) is 11.6 Å². The van der Waals surface area contributed by atoms with Crippen LogP contribution in [0.25, 0.3) is 11.0 Å². The monoisotopic (exact) mass is 446 g/mol. The third-order valence-corrected chi connectivity index (χ3v) is 5.54. The molecule has 8 heteroatoms. The van der Waals surface area contributed by atoms with Gasteiger partial charge in [-0.25, -0.2) is 14.2 Å². The van der Waals surface area contributed by atoms with E-state index in [1.165, 1.54) is 12.1 Å². The quantitative estimate of drug-likeness (QED) is 0.468. The molecule has 0 fully saturated rings. The van der Waals surface area contributed by atoms with Crippen LogP contribution in [-0.4, -0.2) is 34.8 Å². The standard InChI is InChI=1S/C25H23FN4O3/c26-18-11-9-17(10-12-18)21(14-30-16-28-20-5-1-2-6-22(20)30)29-25(31)27-13-19-15-32-23-7-3-4-8-24(23)33-19/h1-12,16,19,21H,13-15H2,(H2,27,29,31)/t19-,21-/m0/s1. The van der Waals surface area contributed by atoms with Crippen molar-refractivity contribution in [2.45, 2.75) is 18.7 Å². The first-order valence-corrected chi connectivity index (χ1v) is 10.7. The molecule has 5 rings (SSSR count). The van der Waals surface area contributed by atoms with Crippen LogP contribution in [0.2, 0.25) is 0 Å². The van der Waals surface area contributed by atoms with Crippen LogP contribution in [0.15, 0.2) is 79.1 Å². The number of hydrogen-bond acceptors (Lipinski definition) is 4. The molecular formula is C25H23FN4O3. The number of carbonyl (C=O) groups is 1. The Balaban J connectivity index is 1.26. The third-order valence-electron chi connectivity index (χ3n) is 5.54. The van der Waals surface area contributed by atoms with Gasteiger partial charge in [-0.3, -0.25) is 0 Å². The van der Waals surface area contributed by atoms with E-state index < -0.39 is 6.04 Å². The highest BCUT2D eigenvalue weighted by Crippen LogP contribution is 2.30. The zero-order chi connectivity index (χ0) is 22.6. The van der Waals surface area contributed by atoms with E-state index in [4.69, 9.17) is 9.47 Å². The molecule has 3 aromatic carbocycles. The number of carbonyl (C=O) groups excluding carboxylic acids is 1. The number of urea groups is 1. The second-order valence-corrected chi connectivity index (χ2v) is 7.84. The van der Waals surface area contributed by atoms with Crippen LogP contribution in [0.5, 0.6) is 11.5 Å². The molecule has 2 heterocycles. The normalized spacial score (nSPS) is 15.7. The van der Waals surface area contributed by atoms with Gasteiger partial charge in [0.15, 0.2) is 17.6 Å². The van der Waals surface area contributed by atoms with E-state index >= 15 is 0 Å². The number of halogens is 1. The van der Waals surface area contributed by atoms with Crippen molar-refractivity contribution in [3.8, 4) is 11.5 Å². The first-order valence-electron chi connectivity index (χ1n) is 10.7. The third kappa shape index (κ3) is 4.74. The Kier molecular flexibility index (Phi) is 5.80. The van der Waals surface area contributed by atoms with Crippen molar-refractivity contribution in [1.82, 2.24) is 20.2 Å². The van der Waals surface area contributed by atoms with Gasteiger partial charge < -0.3 is 24.7 Å². The van der Waals surface area contributed by atoms with E-state index in [2.05, 4.69) is 15.6 Å². The van der Waals surface area contributed by atoms with Gasteiger partial charge in [-0.05, 0) is 42.0 Å². The molecule has 0 saturated carbocycles. The summed E-state index contributed by atoms with van der Waals surface area (Å²) in [6.07, 6.45) is 1.44. The predicted molar refractivity (Wildman–Crippen MR) is 122 cm³/mol. The minimum atomic E-state index is -0.396. The lowest BCUT2D eigenvalue weighted by Gasteiger charge is -2.27. The van der Waals surface area contributed by atoms with Crippen LogP contribution in [0.3, 0.4) is 0 Å². The van der Waals surface area contributed by atoms with Crippen LogP contribution >= 0.6 is 0 Å². The molecule has 2 atom stereocenters. The summed E-state index contributed by atoms with van der Waals surface area (Å²) in [5, 5.41) is 5.85. The van der Waals surface area contributed by atoms with Crippen molar-refractivity contribution in [2.24, 2.45) is 0 Å². The molecule has 0 spiro atoms. The molecule has 0 unspecified atom stereocenters. The van der Waals surface area contributed by atoms with Gasteiger partial charge in [-0.1, -0.05) is 36.4 Å². The van der Waals surface area contributed by atoms with Gasteiger partial charge in [0.1, 0.15) is 12.4 Å². The zero-order valence-electron chi connectivity index (χ0n) is 17.8. The Hall–Kier alpha value is -4.07. The SMILES string of the molecule is O=C(NC[C@H]1COc2ccccc2O1)N[C@@H](Cn1cnc2ccccc21)c1ccc(F)cc1. The fourth-order valence-corrected chi connectivity index (χ4v) is 3.86. The number of imidazole rings is 1. The largest absolute Gasteiger partial charge is 0.486 e. The summed E-state index contributed by atoms with van der Waals surface area (Å²) in [4.78, 5) is 17.2. The minimum Gasteiger partial charge on any atom is -0.486 e. The van der Waals surface area contributed by atoms with Crippen molar-refractivity contribution in [3.63, 3.8) is 0 Å². The number of amides is 2. The second-order valence-electron chi connectivity index (χ2n) is 7.84. The van der Waals surface area contributed by atoms with Gasteiger partial charge in [0.25, 0.3) is 0 Å². The van der Waals surface area contributed by atoms with Crippen LogP contribution in [0.4, 0.5) is 9.18 Å². The summed E-state index contributed by atoms with van der Waals surface area (Å²) >= 11 is 0. The lowest BCUT2D eigenvalue weighted by Crippen LogP contribution is -2.45. The van der Waals surface area contributed by atoms with Crippen molar-refractivity contribution >= 4 is 17.1 Å². The number of nitrogens with one attached hydrogen (secondary N) is 2. The van der Waals surface area contributed by atoms with Crippen LogP contribution in [-0.2, 0) is 6.54 Å². The van der Waals surface area contributed by atoms with E-state index in [1.807, 2.05) is 53.1 Å². The van der Waals surface area contributed by atoms with Gasteiger partial charge in [0.05, 0.1) is 29.9 Å². The number of ether oxygens (including phenoxy) is 2. The summed E-state index contributed by atoms with van der Waals surface area (Å²) < 4.78 is 27.1. The number of aromatic nitrogens is 2. The minimum absolute atomic E-state index is 0.282. The van der Waals surface area contributed by atoms with E-state index in [9.17, 15) is 9.18 Å². The summed E-state index contributed by atoms with van der Waals surface area (Å²) in [6.45, 7) is 1.07. The lowest BCUT2D eigenvalue weighted by atomic mass is 10.1. The molecule has 0 saturated heterocycles. The van der Waals surface area contributed by atoms with Crippen LogP contribution < -0.4 is 20.1 Å². The molecule has 168 valence electrons. The number of benzene rings is 3. The number of para-hydroxylation sites is 4. The molecule has 33 heavy (non-hydrogen) atoms. The molecule has 0 radical (unpaired) electrons. The first-order chi connectivity index (χ1) is 16.2. The molecule has 1 aliphatic heterocycles. The maximum Gasteiger partial charge on any atom is 0.315 e. The molecule has 1 aliphatic rings. The van der Waals surface area contributed by atoms with E-state index in [0.717, 1.165) is 16.6 Å². The number of nitrogens with zero attached hydrogens (tertiary/aromatic N) is 2. The van der Waals surface area contributed by atoms with Crippen molar-refractivity contribution < 1.29 is 18.7 Å². The fraction of sp³-hybridized carbons (Fsp3) is 0.200. The van der Waals surface area contributed by atoms with Crippen molar-refractivity contribution in [2.75, 3.05) is 13.2 Å². The molecule has 2 amide bonds. The van der Waals surface area contributed by atoms with Crippen molar-refractivity contribution in [1.29, 1.82) is 0 Å². The zero-order valence-corrected chi connectivity index (χ0v) is 17.8. The predicted octanol–water partition coefficient (Wildman–Crippen LogP) is 4.06. The smallest absolute Gasteiger partial charge is 0.315 e. The fourth-order valence-electron chi connectivity index (χ4n) is 3.86. The van der Waals surface area contributed by atoms with Gasteiger partial charge in [-0.15, -0.1) is 0 Å². The summed E-state index contributed by atoms with van der Waals surface area (Å²) in [5.41, 5.74) is 2.61. The van der Waals surface area contributed by atoms with Gasteiger partial charge in [0, 0.05) is 6.54 Å². The number of hydrogen-bond donors (Lipinski definition) is 2. The highest BCUT2D eigenvalue weighted by molar-refractivity contribution is 5.76. The van der Waals surface area contributed by atoms with Crippen LogP contribution in [0, 0.1) is 5.82 Å². The average Bonchev–Trinajstić information content (AvgIpc) is 3.25. The van der Waals surface area contributed by atoms with E-state index in [0.29, 0.717) is 24.7 Å². The summed E-state index contributed by atoms with van der Waals surface area (Å²) in [6, 6.07) is 20.6. The molecular weight excluding hydrogens is 423 g/mol. The highest BCUT2D eigenvalue weighted by Gasteiger charge is 2.22. The maximum atomic E-state index is 13.5. The van der Waals surface area contributed by atoms with Crippen molar-refractivity contribution in [3.05, 3.63) is 90.5 Å². The molecule has 0 bridgehead atoms. The molecule has 2 N–H and O–H groups in total. The maximum absolute atomic E-state index is 13.5. The number of fused-ring (bicyclic) bond motifs is 2. The lowest BCUT2D eigenvalue weighted by molar-refractivity contribution is 0.0917. The van der Waals surface area contributed by atoms with E-state index in [1.54, 1.807) is 18.5 Å². The Morgan fingerprint density at radius 2 is 1.82 bits per heavy atom. The Labute approximate surface area is 190 Å². The topological polar surface area (TPSA) is 77.4 Å². The molecule has 0 aliphatic carbocycles. The molecule has 1 aromatic heterocycles. The first kappa shape index (κ1) is 20.8. The molecule has 4 aromatic rings. The van der Waals surface area contributed by atoms with Gasteiger partial charge >= 0.3 is 6.03 Å². The Morgan fingerprint density at radius 3 is 2.67 bits per heavy atom. The second kappa shape index (κ2) is 9.20. The molecule has 7 nitrogen and oxygen atoms in total. The summed E-state index contributed by atoms with van der Waals surface area (Å²) in [7, 11) is 0. The summed E-state index contributed by atoms with van der Waals surface area (Å²) in [5.74, 6) is 1.03. The van der Waals surface area contributed by atoms with Gasteiger partial charge in [-0.2, -0.15) is 0 Å². The Bertz CT molecular complexity index is 1260. The highest BCUT2D eigenvalue weighted by atomic mass is 19.1. The van der Waals surface area contributed by atoms with E-state index in [-0.39, 0.29) is 24.5 Å². The average molecular weight is 446 g/mol.